The standard InChI is InChI=1S/C22H27ClN4O3S2/c1-27(22(11-5-4-10-18(22)28)16-8-2-3-9-17(16)23)19(29)14-31-21-26-25-20(32-21)24-13-15-7-6-12-30-15/h2-3,8-9,15H,4-7,10-14H2,1H3,(H,24,25)/t15-,22-/m1/s1. The lowest BCUT2D eigenvalue weighted by molar-refractivity contribution is -0.146. The number of likely N-dealkylation sites (N-methyl/N-ethyl adjacent to an activating group) is 1. The minimum Gasteiger partial charge on any atom is -0.376 e. The maximum Gasteiger partial charge on any atom is 0.233 e. The quantitative estimate of drug-likeness (QED) is 0.545. The number of ether oxygens (including phenoxy) is 1. The average Bonchev–Trinajstić information content (AvgIpc) is 3.48. The van der Waals surface area contributed by atoms with Gasteiger partial charge in [0, 0.05) is 37.2 Å². The number of amides is 1. The average molecular weight is 495 g/mol. The normalized spacial score (nSPS) is 23.3. The van der Waals surface area contributed by atoms with Gasteiger partial charge in [-0.05, 0) is 38.2 Å². The van der Waals surface area contributed by atoms with Crippen LogP contribution in [0.1, 0.15) is 44.1 Å². The van der Waals surface area contributed by atoms with Crippen molar-refractivity contribution in [3.63, 3.8) is 0 Å². The number of benzene rings is 1. The second-order valence-corrected chi connectivity index (χ2v) is 10.7. The van der Waals surface area contributed by atoms with Crippen molar-refractivity contribution in [3.05, 3.63) is 34.9 Å². The zero-order chi connectivity index (χ0) is 22.6. The fraction of sp³-hybridized carbons (Fsp3) is 0.545. The summed E-state index contributed by atoms with van der Waals surface area (Å²) in [5, 5.41) is 12.8. The number of hydrogen-bond donors (Lipinski definition) is 1. The molecule has 1 aliphatic carbocycles. The molecule has 2 heterocycles. The molecule has 1 saturated heterocycles. The summed E-state index contributed by atoms with van der Waals surface area (Å²) in [6, 6.07) is 7.34. The Morgan fingerprint density at radius 1 is 1.34 bits per heavy atom. The van der Waals surface area contributed by atoms with Gasteiger partial charge in [-0.15, -0.1) is 10.2 Å². The molecule has 0 unspecified atom stereocenters. The number of carbonyl (C=O) groups is 2. The van der Waals surface area contributed by atoms with Crippen LogP contribution in [0.5, 0.6) is 0 Å². The maximum absolute atomic E-state index is 13.2. The van der Waals surface area contributed by atoms with E-state index >= 15 is 0 Å². The summed E-state index contributed by atoms with van der Waals surface area (Å²) >= 11 is 9.24. The molecule has 1 aliphatic heterocycles. The Hall–Kier alpha value is -1.68. The molecule has 1 aromatic heterocycles. The lowest BCUT2D eigenvalue weighted by Crippen LogP contribution is -2.54. The molecule has 1 saturated carbocycles. The Morgan fingerprint density at radius 2 is 2.19 bits per heavy atom. The van der Waals surface area contributed by atoms with Crippen molar-refractivity contribution < 1.29 is 14.3 Å². The Bertz CT molecular complexity index is 966. The first-order chi connectivity index (χ1) is 15.5. The van der Waals surface area contributed by atoms with Gasteiger partial charge in [0.1, 0.15) is 5.54 Å². The van der Waals surface area contributed by atoms with Crippen LogP contribution in [0.25, 0.3) is 0 Å². The molecule has 0 radical (unpaired) electrons. The van der Waals surface area contributed by atoms with Crippen molar-refractivity contribution in [2.45, 2.75) is 54.5 Å². The number of halogens is 1. The van der Waals surface area contributed by atoms with E-state index in [0.29, 0.717) is 34.3 Å². The van der Waals surface area contributed by atoms with E-state index in [2.05, 4.69) is 15.5 Å². The summed E-state index contributed by atoms with van der Waals surface area (Å²) in [6.45, 7) is 1.53. The van der Waals surface area contributed by atoms with E-state index < -0.39 is 5.54 Å². The smallest absolute Gasteiger partial charge is 0.233 e. The molecular weight excluding hydrogens is 468 g/mol. The maximum atomic E-state index is 13.2. The van der Waals surface area contributed by atoms with Gasteiger partial charge >= 0.3 is 0 Å². The Balaban J connectivity index is 1.41. The fourth-order valence-corrected chi connectivity index (χ4v) is 6.37. The molecule has 1 aromatic carbocycles. The van der Waals surface area contributed by atoms with Crippen molar-refractivity contribution in [2.24, 2.45) is 0 Å². The van der Waals surface area contributed by atoms with E-state index in [9.17, 15) is 9.59 Å². The molecule has 4 rings (SSSR count). The van der Waals surface area contributed by atoms with Gasteiger partial charge < -0.3 is 15.0 Å². The highest BCUT2D eigenvalue weighted by atomic mass is 35.5. The summed E-state index contributed by atoms with van der Waals surface area (Å²) in [5.41, 5.74) is -0.299. The summed E-state index contributed by atoms with van der Waals surface area (Å²) < 4.78 is 6.32. The predicted octanol–water partition coefficient (Wildman–Crippen LogP) is 4.37. The summed E-state index contributed by atoms with van der Waals surface area (Å²) in [7, 11) is 1.71. The van der Waals surface area contributed by atoms with Crippen LogP contribution < -0.4 is 5.32 Å². The molecule has 1 N–H and O–H groups in total. The first-order valence-electron chi connectivity index (χ1n) is 10.9. The molecule has 2 atom stereocenters. The van der Waals surface area contributed by atoms with Crippen molar-refractivity contribution >= 4 is 51.5 Å². The van der Waals surface area contributed by atoms with Crippen LogP contribution in [-0.2, 0) is 19.9 Å². The second kappa shape index (κ2) is 10.5. The van der Waals surface area contributed by atoms with E-state index in [0.717, 1.165) is 37.4 Å². The Kier molecular flexibility index (Phi) is 7.70. The lowest BCUT2D eigenvalue weighted by atomic mass is 9.74. The van der Waals surface area contributed by atoms with Crippen LogP contribution in [0.4, 0.5) is 5.13 Å². The molecule has 7 nitrogen and oxygen atoms in total. The number of hydrogen-bond acceptors (Lipinski definition) is 8. The van der Waals surface area contributed by atoms with Gasteiger partial charge in [0.2, 0.25) is 11.0 Å². The minimum absolute atomic E-state index is 0.0502. The highest BCUT2D eigenvalue weighted by molar-refractivity contribution is 8.01. The highest BCUT2D eigenvalue weighted by Crippen LogP contribution is 2.42. The third kappa shape index (κ3) is 4.95. The van der Waals surface area contributed by atoms with Crippen molar-refractivity contribution in [1.82, 2.24) is 15.1 Å². The van der Waals surface area contributed by atoms with Gasteiger partial charge in [0.15, 0.2) is 10.1 Å². The largest absolute Gasteiger partial charge is 0.376 e. The fourth-order valence-electron chi connectivity index (χ4n) is 4.41. The van der Waals surface area contributed by atoms with Gasteiger partial charge in [-0.1, -0.05) is 52.9 Å². The first-order valence-corrected chi connectivity index (χ1v) is 13.1. The third-order valence-corrected chi connectivity index (χ3v) is 8.48. The van der Waals surface area contributed by atoms with Crippen LogP contribution in [0.15, 0.2) is 28.6 Å². The van der Waals surface area contributed by atoms with Crippen LogP contribution >= 0.6 is 34.7 Å². The molecule has 1 amide bonds. The van der Waals surface area contributed by atoms with Gasteiger partial charge in [0.05, 0.1) is 11.9 Å². The molecule has 2 fully saturated rings. The Labute approximate surface area is 201 Å². The van der Waals surface area contributed by atoms with Gasteiger partial charge in [-0.2, -0.15) is 0 Å². The van der Waals surface area contributed by atoms with E-state index in [1.54, 1.807) is 18.0 Å². The topological polar surface area (TPSA) is 84.4 Å². The molecule has 172 valence electrons. The number of nitrogens with one attached hydrogen (secondary N) is 1. The summed E-state index contributed by atoms with van der Waals surface area (Å²) in [4.78, 5) is 28.0. The number of thioether (sulfide) groups is 1. The molecular formula is C22H27ClN4O3S2. The monoisotopic (exact) mass is 494 g/mol. The molecule has 2 aliphatic rings. The van der Waals surface area contributed by atoms with E-state index in [-0.39, 0.29) is 23.5 Å². The number of ketones is 1. The number of anilines is 1. The lowest BCUT2D eigenvalue weighted by Gasteiger charge is -2.44. The van der Waals surface area contributed by atoms with E-state index in [1.165, 1.54) is 23.1 Å². The van der Waals surface area contributed by atoms with Gasteiger partial charge in [0.25, 0.3) is 0 Å². The number of nitrogens with zero attached hydrogens (tertiary/aromatic N) is 3. The van der Waals surface area contributed by atoms with Crippen LogP contribution in [0, 0.1) is 0 Å². The molecule has 0 bridgehead atoms. The van der Waals surface area contributed by atoms with Gasteiger partial charge in [-0.3, -0.25) is 9.59 Å². The number of rotatable bonds is 8. The van der Waals surface area contributed by atoms with Crippen LogP contribution in [-0.4, -0.2) is 58.8 Å². The van der Waals surface area contributed by atoms with E-state index in [4.69, 9.17) is 16.3 Å². The molecule has 10 heteroatoms. The first kappa shape index (κ1) is 23.5. The predicted molar refractivity (Wildman–Crippen MR) is 127 cm³/mol. The van der Waals surface area contributed by atoms with Gasteiger partial charge in [-0.25, -0.2) is 0 Å². The van der Waals surface area contributed by atoms with Crippen molar-refractivity contribution in [3.8, 4) is 0 Å². The molecule has 32 heavy (non-hydrogen) atoms. The van der Waals surface area contributed by atoms with Crippen LogP contribution in [0.2, 0.25) is 5.02 Å². The minimum atomic E-state index is -1.01. The summed E-state index contributed by atoms with van der Waals surface area (Å²) in [6.07, 6.45) is 5.12. The van der Waals surface area contributed by atoms with Crippen molar-refractivity contribution in [1.29, 1.82) is 0 Å². The highest BCUT2D eigenvalue weighted by Gasteiger charge is 2.47. The zero-order valence-electron chi connectivity index (χ0n) is 18.0. The number of aromatic nitrogens is 2. The Morgan fingerprint density at radius 3 is 2.94 bits per heavy atom. The van der Waals surface area contributed by atoms with Crippen molar-refractivity contribution in [2.75, 3.05) is 31.3 Å². The number of Topliss-reactive ketones (excluding diaryl/α,β-unsaturated/α-hetero) is 1. The third-order valence-electron chi connectivity index (χ3n) is 6.15. The zero-order valence-corrected chi connectivity index (χ0v) is 20.4. The van der Waals surface area contributed by atoms with E-state index in [1.807, 2.05) is 18.2 Å². The van der Waals surface area contributed by atoms with Crippen LogP contribution in [0.3, 0.4) is 0 Å². The SMILES string of the molecule is CN(C(=O)CSc1nnc(NC[C@H]2CCCO2)s1)[C@@]1(c2ccccc2Cl)CCCCC1=O. The molecule has 0 spiro atoms. The number of carbonyl (C=O) groups excluding carboxylic acids is 2. The molecule has 2 aromatic rings. The summed E-state index contributed by atoms with van der Waals surface area (Å²) in [5.74, 6) is 0.0968. The second-order valence-electron chi connectivity index (χ2n) is 8.10.